The van der Waals surface area contributed by atoms with E-state index < -0.39 is 0 Å². The number of nitrogens with zero attached hydrogens (tertiary/aromatic N) is 3. The number of rotatable bonds is 4. The molecule has 2 N–H and O–H groups in total. The molecule has 2 atom stereocenters. The number of aromatic amines is 1. The minimum Gasteiger partial charge on any atom is -0.365 e. The number of benzene rings is 1. The molecular weight excluding hydrogens is 286 g/mol. The average molecular weight is 307 g/mol. The highest BCUT2D eigenvalue weighted by Gasteiger charge is 2.29. The van der Waals surface area contributed by atoms with Gasteiger partial charge in [0.2, 0.25) is 0 Å². The molecule has 5 heteroatoms. The van der Waals surface area contributed by atoms with Gasteiger partial charge < -0.3 is 10.3 Å². The van der Waals surface area contributed by atoms with Gasteiger partial charge in [0.25, 0.3) is 0 Å². The second-order valence-corrected chi connectivity index (χ2v) is 6.30. The Kier molecular flexibility index (Phi) is 3.71. The molecule has 1 aliphatic rings. The lowest BCUT2D eigenvalue weighted by Gasteiger charge is -2.21. The number of hydrogen-bond acceptors (Lipinski definition) is 4. The quantitative estimate of drug-likeness (QED) is 0.778. The van der Waals surface area contributed by atoms with Gasteiger partial charge in [0.1, 0.15) is 17.8 Å². The summed E-state index contributed by atoms with van der Waals surface area (Å²) >= 11 is 0. The van der Waals surface area contributed by atoms with E-state index in [0.717, 1.165) is 36.4 Å². The summed E-state index contributed by atoms with van der Waals surface area (Å²) in [5.41, 5.74) is 2.25. The first-order chi connectivity index (χ1) is 11.3. The molecule has 5 nitrogen and oxygen atoms in total. The molecule has 0 saturated carbocycles. The lowest BCUT2D eigenvalue weighted by molar-refractivity contribution is 0.259. The number of fused-ring (bicyclic) bond motifs is 1. The average Bonchev–Trinajstić information content (AvgIpc) is 3.16. The second-order valence-electron chi connectivity index (χ2n) is 6.30. The van der Waals surface area contributed by atoms with Crippen molar-refractivity contribution in [2.75, 3.05) is 11.9 Å². The molecule has 4 rings (SSSR count). The van der Waals surface area contributed by atoms with E-state index in [1.54, 1.807) is 6.33 Å². The Morgan fingerprint density at radius 2 is 2.09 bits per heavy atom. The summed E-state index contributed by atoms with van der Waals surface area (Å²) in [7, 11) is 0. The van der Waals surface area contributed by atoms with Crippen LogP contribution < -0.4 is 5.32 Å². The summed E-state index contributed by atoms with van der Waals surface area (Å²) in [4.78, 5) is 14.3. The van der Waals surface area contributed by atoms with Gasteiger partial charge in [0.05, 0.1) is 5.39 Å². The molecule has 1 aromatic carbocycles. The fourth-order valence-corrected chi connectivity index (χ4v) is 3.42. The van der Waals surface area contributed by atoms with Crippen molar-refractivity contribution in [3.8, 4) is 0 Å². The summed E-state index contributed by atoms with van der Waals surface area (Å²) in [5, 5.41) is 4.66. The molecule has 1 fully saturated rings. The molecule has 0 bridgehead atoms. The van der Waals surface area contributed by atoms with Gasteiger partial charge in [-0.1, -0.05) is 30.3 Å². The van der Waals surface area contributed by atoms with E-state index in [2.05, 4.69) is 62.4 Å². The van der Waals surface area contributed by atoms with E-state index in [9.17, 15) is 0 Å². The lowest BCUT2D eigenvalue weighted by Crippen LogP contribution is -2.28. The predicted molar refractivity (Wildman–Crippen MR) is 92.2 cm³/mol. The maximum absolute atomic E-state index is 4.42. The van der Waals surface area contributed by atoms with Crippen LogP contribution in [0.15, 0.2) is 48.9 Å². The van der Waals surface area contributed by atoms with E-state index in [1.165, 1.54) is 5.56 Å². The van der Waals surface area contributed by atoms with Gasteiger partial charge in [-0.2, -0.15) is 0 Å². The van der Waals surface area contributed by atoms with Crippen LogP contribution in [0.4, 0.5) is 5.82 Å². The Bertz CT molecular complexity index is 782. The third-order valence-corrected chi connectivity index (χ3v) is 4.63. The fraction of sp³-hybridized carbons (Fsp3) is 0.333. The molecule has 3 heterocycles. The van der Waals surface area contributed by atoms with E-state index in [1.807, 2.05) is 12.3 Å². The molecule has 3 aromatic rings. The van der Waals surface area contributed by atoms with Crippen LogP contribution >= 0.6 is 0 Å². The fourth-order valence-electron chi connectivity index (χ4n) is 3.42. The Morgan fingerprint density at radius 1 is 1.22 bits per heavy atom. The van der Waals surface area contributed by atoms with Crippen molar-refractivity contribution in [2.24, 2.45) is 0 Å². The van der Waals surface area contributed by atoms with Crippen LogP contribution in [0, 0.1) is 0 Å². The summed E-state index contributed by atoms with van der Waals surface area (Å²) in [6.45, 7) is 4.34. The number of likely N-dealkylation sites (tertiary alicyclic amines) is 1. The maximum Gasteiger partial charge on any atom is 0.142 e. The Balaban J connectivity index is 1.46. The van der Waals surface area contributed by atoms with Crippen LogP contribution in [-0.2, 0) is 6.54 Å². The van der Waals surface area contributed by atoms with Gasteiger partial charge in [-0.05, 0) is 25.0 Å². The highest BCUT2D eigenvalue weighted by atomic mass is 15.2. The normalized spacial score (nSPS) is 21.8. The van der Waals surface area contributed by atoms with Crippen molar-refractivity contribution in [3.63, 3.8) is 0 Å². The Morgan fingerprint density at radius 3 is 2.96 bits per heavy atom. The molecule has 1 saturated heterocycles. The number of aromatic nitrogens is 3. The molecule has 0 radical (unpaired) electrons. The molecule has 1 aliphatic heterocycles. The lowest BCUT2D eigenvalue weighted by atomic mass is 10.2. The first-order valence-electron chi connectivity index (χ1n) is 8.12. The van der Waals surface area contributed by atoms with Gasteiger partial charge in [-0.15, -0.1) is 0 Å². The van der Waals surface area contributed by atoms with Crippen LogP contribution in [0.1, 0.15) is 18.9 Å². The summed E-state index contributed by atoms with van der Waals surface area (Å²) in [5.74, 6) is 0.926. The van der Waals surface area contributed by atoms with Crippen LogP contribution in [0.2, 0.25) is 0 Å². The zero-order valence-corrected chi connectivity index (χ0v) is 13.2. The molecule has 23 heavy (non-hydrogen) atoms. The first kappa shape index (κ1) is 14.2. The number of H-pyrrole nitrogens is 1. The molecule has 2 aromatic heterocycles. The molecule has 0 unspecified atom stereocenters. The van der Waals surface area contributed by atoms with Crippen molar-refractivity contribution in [1.29, 1.82) is 0 Å². The smallest absolute Gasteiger partial charge is 0.142 e. The van der Waals surface area contributed by atoms with Crippen molar-refractivity contribution in [3.05, 3.63) is 54.5 Å². The van der Waals surface area contributed by atoms with Gasteiger partial charge >= 0.3 is 0 Å². The summed E-state index contributed by atoms with van der Waals surface area (Å²) in [6, 6.07) is 13.7. The van der Waals surface area contributed by atoms with Crippen molar-refractivity contribution >= 4 is 16.9 Å². The minimum atomic E-state index is 0.418. The van der Waals surface area contributed by atoms with Crippen molar-refractivity contribution in [2.45, 2.75) is 32.0 Å². The van der Waals surface area contributed by atoms with Crippen LogP contribution in [0.25, 0.3) is 11.0 Å². The summed E-state index contributed by atoms with van der Waals surface area (Å²) < 4.78 is 0. The van der Waals surface area contributed by atoms with Crippen molar-refractivity contribution in [1.82, 2.24) is 19.9 Å². The van der Waals surface area contributed by atoms with Gasteiger partial charge in [0, 0.05) is 31.4 Å². The second kappa shape index (κ2) is 6.01. The topological polar surface area (TPSA) is 56.8 Å². The van der Waals surface area contributed by atoms with E-state index in [4.69, 9.17) is 0 Å². The third-order valence-electron chi connectivity index (χ3n) is 4.63. The SMILES string of the molecule is C[C@H]1C[C@H](Nc2ncnc3[nH]ccc23)CN1Cc1ccccc1. The highest BCUT2D eigenvalue weighted by molar-refractivity contribution is 5.86. The zero-order valence-electron chi connectivity index (χ0n) is 13.2. The van der Waals surface area contributed by atoms with Crippen LogP contribution in [0.3, 0.4) is 0 Å². The summed E-state index contributed by atoms with van der Waals surface area (Å²) in [6.07, 6.45) is 4.65. The zero-order chi connectivity index (χ0) is 15.6. The monoisotopic (exact) mass is 307 g/mol. The predicted octanol–water partition coefficient (Wildman–Crippen LogP) is 3.03. The van der Waals surface area contributed by atoms with E-state index in [-0.39, 0.29) is 0 Å². The van der Waals surface area contributed by atoms with Crippen LogP contribution in [0.5, 0.6) is 0 Å². The number of hydrogen-bond donors (Lipinski definition) is 2. The minimum absolute atomic E-state index is 0.418. The molecule has 0 spiro atoms. The third kappa shape index (κ3) is 2.92. The van der Waals surface area contributed by atoms with Crippen molar-refractivity contribution < 1.29 is 0 Å². The Hall–Kier alpha value is -2.40. The number of nitrogens with one attached hydrogen (secondary N) is 2. The largest absolute Gasteiger partial charge is 0.365 e. The Labute approximate surface area is 135 Å². The van der Waals surface area contributed by atoms with Crippen LogP contribution in [-0.4, -0.2) is 38.5 Å². The molecule has 0 amide bonds. The number of anilines is 1. The van der Waals surface area contributed by atoms with E-state index >= 15 is 0 Å². The van der Waals surface area contributed by atoms with Gasteiger partial charge in [0.15, 0.2) is 0 Å². The molecule has 118 valence electrons. The van der Waals surface area contributed by atoms with Gasteiger partial charge in [-0.25, -0.2) is 9.97 Å². The highest BCUT2D eigenvalue weighted by Crippen LogP contribution is 2.25. The maximum atomic E-state index is 4.42. The van der Waals surface area contributed by atoms with Gasteiger partial charge in [-0.3, -0.25) is 4.90 Å². The van der Waals surface area contributed by atoms with E-state index in [0.29, 0.717) is 12.1 Å². The molecule has 0 aliphatic carbocycles. The molecular formula is C18H21N5. The standard InChI is InChI=1S/C18H21N5/c1-13-9-15(11-23(13)10-14-5-3-2-4-6-14)22-18-16-7-8-19-17(16)20-12-21-18/h2-8,12-13,15H,9-11H2,1H3,(H2,19,20,21,22)/t13-,15-/m0/s1. The first-order valence-corrected chi connectivity index (χ1v) is 8.12.